The first-order chi connectivity index (χ1) is 7.13. The molecule has 0 radical (unpaired) electrons. The summed E-state index contributed by atoms with van der Waals surface area (Å²) < 4.78 is 1.49. The minimum Gasteiger partial charge on any atom is -0.508 e. The Morgan fingerprint density at radius 1 is 1.40 bits per heavy atom. The Morgan fingerprint density at radius 3 is 2.80 bits per heavy atom. The zero-order valence-electron chi connectivity index (χ0n) is 8.40. The quantitative estimate of drug-likeness (QED) is 0.718. The molecule has 0 fully saturated rings. The summed E-state index contributed by atoms with van der Waals surface area (Å²) in [6.07, 6.45) is 0. The number of aromatic nitrogens is 1. The van der Waals surface area contributed by atoms with Crippen molar-refractivity contribution in [2.24, 2.45) is 12.8 Å². The number of phenolic OH excluding ortho intramolecular Hbond substituents is 1. The SMILES string of the molecule is Cn1c(=O)cc(CN)c2ccc(O)cc21. The number of hydrogen-bond donors (Lipinski definition) is 2. The highest BCUT2D eigenvalue weighted by atomic mass is 16.3. The first-order valence-electron chi connectivity index (χ1n) is 4.65. The predicted octanol–water partition coefficient (Wildman–Crippen LogP) is 0.703. The number of aryl methyl sites for hydroxylation is 1. The second-order valence-corrected chi connectivity index (χ2v) is 3.47. The van der Waals surface area contributed by atoms with E-state index in [4.69, 9.17) is 5.73 Å². The average molecular weight is 204 g/mol. The van der Waals surface area contributed by atoms with E-state index in [9.17, 15) is 9.90 Å². The van der Waals surface area contributed by atoms with Crippen LogP contribution in [0.3, 0.4) is 0 Å². The molecule has 1 heterocycles. The number of hydrogen-bond acceptors (Lipinski definition) is 3. The Labute approximate surface area is 86.6 Å². The molecule has 0 amide bonds. The number of pyridine rings is 1. The lowest BCUT2D eigenvalue weighted by Gasteiger charge is -2.08. The topological polar surface area (TPSA) is 68.2 Å². The fourth-order valence-electron chi connectivity index (χ4n) is 1.68. The molecule has 0 saturated carbocycles. The summed E-state index contributed by atoms with van der Waals surface area (Å²) in [7, 11) is 1.67. The molecule has 3 N–H and O–H groups in total. The molecule has 0 aliphatic heterocycles. The molecule has 4 nitrogen and oxygen atoms in total. The van der Waals surface area contributed by atoms with Crippen LogP contribution in [0, 0.1) is 0 Å². The van der Waals surface area contributed by atoms with Crippen LogP contribution in [0.4, 0.5) is 0 Å². The highest BCUT2D eigenvalue weighted by Gasteiger charge is 2.05. The fourth-order valence-corrected chi connectivity index (χ4v) is 1.68. The van der Waals surface area contributed by atoms with E-state index in [0.29, 0.717) is 12.1 Å². The molecule has 0 unspecified atom stereocenters. The van der Waals surface area contributed by atoms with Crippen molar-refractivity contribution in [1.82, 2.24) is 4.57 Å². The summed E-state index contributed by atoms with van der Waals surface area (Å²) in [5, 5.41) is 10.3. The molecule has 0 bridgehead atoms. The van der Waals surface area contributed by atoms with E-state index in [1.165, 1.54) is 10.6 Å². The van der Waals surface area contributed by atoms with Crippen LogP contribution in [0.15, 0.2) is 29.1 Å². The van der Waals surface area contributed by atoms with Crippen molar-refractivity contribution in [2.45, 2.75) is 6.54 Å². The maximum atomic E-state index is 11.5. The fraction of sp³-hybridized carbons (Fsp3) is 0.182. The van der Waals surface area contributed by atoms with Crippen molar-refractivity contribution in [3.05, 3.63) is 40.2 Å². The van der Waals surface area contributed by atoms with Crippen LogP contribution in [-0.2, 0) is 13.6 Å². The molecular formula is C11H12N2O2. The molecule has 78 valence electrons. The monoisotopic (exact) mass is 204 g/mol. The molecular weight excluding hydrogens is 192 g/mol. The van der Waals surface area contributed by atoms with E-state index < -0.39 is 0 Å². The Kier molecular flexibility index (Phi) is 2.21. The van der Waals surface area contributed by atoms with E-state index in [1.54, 1.807) is 25.2 Å². The summed E-state index contributed by atoms with van der Waals surface area (Å²) in [6, 6.07) is 6.45. The van der Waals surface area contributed by atoms with E-state index in [1.807, 2.05) is 0 Å². The molecule has 0 atom stereocenters. The van der Waals surface area contributed by atoms with Crippen LogP contribution >= 0.6 is 0 Å². The number of benzene rings is 1. The minimum atomic E-state index is -0.117. The zero-order valence-corrected chi connectivity index (χ0v) is 8.40. The van der Waals surface area contributed by atoms with Gasteiger partial charge >= 0.3 is 0 Å². The summed E-state index contributed by atoms with van der Waals surface area (Å²) in [5.74, 6) is 0.145. The highest BCUT2D eigenvalue weighted by molar-refractivity contribution is 5.83. The Morgan fingerprint density at radius 2 is 2.13 bits per heavy atom. The molecule has 1 aromatic carbocycles. The zero-order chi connectivity index (χ0) is 11.0. The first kappa shape index (κ1) is 9.73. The third-order valence-electron chi connectivity index (χ3n) is 2.54. The Hall–Kier alpha value is -1.81. The van der Waals surface area contributed by atoms with Crippen LogP contribution in [0.1, 0.15) is 5.56 Å². The van der Waals surface area contributed by atoms with Crippen LogP contribution in [0.25, 0.3) is 10.9 Å². The van der Waals surface area contributed by atoms with E-state index in [0.717, 1.165) is 10.9 Å². The van der Waals surface area contributed by atoms with Crippen LogP contribution < -0.4 is 11.3 Å². The van der Waals surface area contributed by atoms with Gasteiger partial charge in [0, 0.05) is 31.1 Å². The van der Waals surface area contributed by atoms with Crippen molar-refractivity contribution in [3.8, 4) is 5.75 Å². The second kappa shape index (κ2) is 3.40. The third-order valence-corrected chi connectivity index (χ3v) is 2.54. The molecule has 2 aromatic rings. The second-order valence-electron chi connectivity index (χ2n) is 3.47. The average Bonchev–Trinajstić information content (AvgIpc) is 2.23. The number of nitrogens with two attached hydrogens (primary N) is 1. The van der Waals surface area contributed by atoms with Gasteiger partial charge in [-0.25, -0.2) is 0 Å². The molecule has 0 spiro atoms. The van der Waals surface area contributed by atoms with Gasteiger partial charge in [0.05, 0.1) is 5.52 Å². The number of rotatable bonds is 1. The lowest BCUT2D eigenvalue weighted by atomic mass is 10.1. The largest absolute Gasteiger partial charge is 0.508 e. The van der Waals surface area contributed by atoms with Gasteiger partial charge in [-0.1, -0.05) is 0 Å². The van der Waals surface area contributed by atoms with Gasteiger partial charge in [0.1, 0.15) is 5.75 Å². The summed E-state index contributed by atoms with van der Waals surface area (Å²) in [4.78, 5) is 11.5. The van der Waals surface area contributed by atoms with Gasteiger partial charge in [0.25, 0.3) is 5.56 Å². The summed E-state index contributed by atoms with van der Waals surface area (Å²) in [6.45, 7) is 0.317. The molecule has 1 aromatic heterocycles. The van der Waals surface area contributed by atoms with Gasteiger partial charge in [0.15, 0.2) is 0 Å². The van der Waals surface area contributed by atoms with E-state index >= 15 is 0 Å². The van der Waals surface area contributed by atoms with Gasteiger partial charge in [-0.15, -0.1) is 0 Å². The van der Waals surface area contributed by atoms with Gasteiger partial charge < -0.3 is 15.4 Å². The molecule has 2 rings (SSSR count). The van der Waals surface area contributed by atoms with Crippen molar-refractivity contribution in [3.63, 3.8) is 0 Å². The smallest absolute Gasteiger partial charge is 0.251 e. The van der Waals surface area contributed by atoms with Crippen LogP contribution in [0.2, 0.25) is 0 Å². The predicted molar refractivity (Wildman–Crippen MR) is 58.7 cm³/mol. The minimum absolute atomic E-state index is 0.117. The number of nitrogens with zero attached hydrogens (tertiary/aromatic N) is 1. The van der Waals surface area contributed by atoms with Crippen molar-refractivity contribution < 1.29 is 5.11 Å². The van der Waals surface area contributed by atoms with E-state index in [2.05, 4.69) is 0 Å². The third kappa shape index (κ3) is 1.49. The molecule has 4 heteroatoms. The molecule has 0 aliphatic rings. The van der Waals surface area contributed by atoms with E-state index in [-0.39, 0.29) is 11.3 Å². The first-order valence-corrected chi connectivity index (χ1v) is 4.65. The number of fused-ring (bicyclic) bond motifs is 1. The maximum absolute atomic E-state index is 11.5. The highest BCUT2D eigenvalue weighted by Crippen LogP contribution is 2.20. The van der Waals surface area contributed by atoms with Crippen molar-refractivity contribution in [1.29, 1.82) is 0 Å². The molecule has 0 aliphatic carbocycles. The van der Waals surface area contributed by atoms with Crippen LogP contribution in [-0.4, -0.2) is 9.67 Å². The van der Waals surface area contributed by atoms with Gasteiger partial charge in [-0.05, 0) is 17.7 Å². The molecule has 0 saturated heterocycles. The van der Waals surface area contributed by atoms with Crippen LogP contribution in [0.5, 0.6) is 5.75 Å². The summed E-state index contributed by atoms with van der Waals surface area (Å²) in [5.41, 5.74) is 6.94. The number of phenols is 1. The number of aromatic hydroxyl groups is 1. The van der Waals surface area contributed by atoms with Crippen molar-refractivity contribution in [2.75, 3.05) is 0 Å². The maximum Gasteiger partial charge on any atom is 0.251 e. The normalized spacial score (nSPS) is 10.8. The summed E-state index contributed by atoms with van der Waals surface area (Å²) >= 11 is 0. The lowest BCUT2D eigenvalue weighted by Crippen LogP contribution is -2.18. The Balaban J connectivity index is 2.96. The van der Waals surface area contributed by atoms with Gasteiger partial charge in [0.2, 0.25) is 0 Å². The van der Waals surface area contributed by atoms with Gasteiger partial charge in [-0.3, -0.25) is 4.79 Å². The molecule has 15 heavy (non-hydrogen) atoms. The standard InChI is InChI=1S/C11H12N2O2/c1-13-10-5-8(14)2-3-9(10)7(6-12)4-11(13)15/h2-5,14H,6,12H2,1H3. The Bertz CT molecular complexity index is 573. The van der Waals surface area contributed by atoms with Crippen molar-refractivity contribution >= 4 is 10.9 Å². The van der Waals surface area contributed by atoms with Gasteiger partial charge in [-0.2, -0.15) is 0 Å². The lowest BCUT2D eigenvalue weighted by molar-refractivity contribution is 0.476.